The fraction of sp³-hybridized carbons (Fsp3) is 0.500. The Hall–Kier alpha value is -2.93. The van der Waals surface area contributed by atoms with Crippen LogP contribution in [0.5, 0.6) is 0 Å². The number of aromatic nitrogens is 4. The van der Waals surface area contributed by atoms with E-state index in [4.69, 9.17) is 20.4 Å². The second kappa shape index (κ2) is 9.74. The van der Waals surface area contributed by atoms with Gasteiger partial charge in [-0.25, -0.2) is 19.9 Å². The average molecular weight is 485 g/mol. The molecule has 0 bridgehead atoms. The van der Waals surface area contributed by atoms with E-state index in [1.807, 2.05) is 0 Å². The van der Waals surface area contributed by atoms with Gasteiger partial charge in [-0.1, -0.05) is 0 Å². The summed E-state index contributed by atoms with van der Waals surface area (Å²) < 4.78 is 6.60. The van der Waals surface area contributed by atoms with Gasteiger partial charge in [-0.15, -0.1) is 11.3 Å². The Balaban J connectivity index is 1.41. The zero-order chi connectivity index (χ0) is 23.7. The maximum atomic E-state index is 12.1. The molecule has 0 saturated carbocycles. The van der Waals surface area contributed by atoms with Gasteiger partial charge in [0.25, 0.3) is 5.91 Å². The van der Waals surface area contributed by atoms with Gasteiger partial charge in [-0.05, 0) is 13.0 Å². The number of hydrogen-bond donors (Lipinski definition) is 2. The van der Waals surface area contributed by atoms with Crippen molar-refractivity contribution in [3.8, 4) is 11.4 Å². The number of thiophene rings is 1. The third-order valence-corrected chi connectivity index (χ3v) is 7.17. The fourth-order valence-corrected chi connectivity index (χ4v) is 5.38. The van der Waals surface area contributed by atoms with E-state index in [2.05, 4.69) is 25.8 Å². The van der Waals surface area contributed by atoms with Crippen molar-refractivity contribution in [1.82, 2.24) is 29.7 Å². The highest BCUT2D eigenvalue weighted by Gasteiger charge is 2.25. The predicted octanol–water partition coefficient (Wildman–Crippen LogP) is 0.592. The molecule has 12 heteroatoms. The minimum absolute atomic E-state index is 0.203. The smallest absolute Gasteiger partial charge is 0.251 e. The Morgan fingerprint density at radius 3 is 2.53 bits per heavy atom. The maximum Gasteiger partial charge on any atom is 0.251 e. The Kier molecular flexibility index (Phi) is 6.55. The first-order chi connectivity index (χ1) is 16.5. The van der Waals surface area contributed by atoms with E-state index in [-0.39, 0.29) is 11.9 Å². The number of rotatable bonds is 5. The molecule has 3 N–H and O–H groups in total. The van der Waals surface area contributed by atoms with E-state index in [1.165, 1.54) is 11.8 Å². The Labute approximate surface area is 201 Å². The van der Waals surface area contributed by atoms with Crippen LogP contribution in [0, 0.1) is 0 Å². The molecular weight excluding hydrogens is 456 g/mol. The zero-order valence-electron chi connectivity index (χ0n) is 19.1. The summed E-state index contributed by atoms with van der Waals surface area (Å²) in [5, 5.41) is 9.56. The van der Waals surface area contributed by atoms with Gasteiger partial charge >= 0.3 is 0 Å². The number of carbonyl (C=O) groups is 1. The first-order valence-corrected chi connectivity index (χ1v) is 12.2. The molecule has 180 valence electrons. The molecular formula is C22H28N8O3S. The minimum atomic E-state index is -0.952. The molecule has 0 spiro atoms. The molecule has 3 aromatic heterocycles. The summed E-state index contributed by atoms with van der Waals surface area (Å²) in [5.74, 6) is 1.49. The SMILES string of the molecule is CC(O)C(=O)N1CCN(Cc2cc3nc(-c4cnc(N)nc4)nc(N4CCOCC4)c3s2)CC1. The highest BCUT2D eigenvalue weighted by atomic mass is 32.1. The number of nitrogens with zero attached hydrogens (tertiary/aromatic N) is 7. The summed E-state index contributed by atoms with van der Waals surface area (Å²) in [7, 11) is 0. The normalized spacial score (nSPS) is 18.4. The van der Waals surface area contributed by atoms with E-state index < -0.39 is 6.10 Å². The Morgan fingerprint density at radius 2 is 1.85 bits per heavy atom. The fourth-order valence-electron chi connectivity index (χ4n) is 4.23. The van der Waals surface area contributed by atoms with Gasteiger partial charge in [0.1, 0.15) is 6.10 Å². The van der Waals surface area contributed by atoms with Crippen molar-refractivity contribution in [3.63, 3.8) is 0 Å². The quantitative estimate of drug-likeness (QED) is 0.530. The van der Waals surface area contributed by atoms with Crippen molar-refractivity contribution in [2.75, 3.05) is 63.1 Å². The van der Waals surface area contributed by atoms with Crippen molar-refractivity contribution in [2.24, 2.45) is 0 Å². The van der Waals surface area contributed by atoms with Crippen LogP contribution in [0.3, 0.4) is 0 Å². The summed E-state index contributed by atoms with van der Waals surface area (Å²) in [6.07, 6.45) is 2.34. The molecule has 2 aliphatic heterocycles. The second-order valence-corrected chi connectivity index (χ2v) is 9.64. The maximum absolute atomic E-state index is 12.1. The van der Waals surface area contributed by atoms with Crippen LogP contribution in [0.1, 0.15) is 11.8 Å². The largest absolute Gasteiger partial charge is 0.384 e. The molecule has 1 atom stereocenters. The highest BCUT2D eigenvalue weighted by molar-refractivity contribution is 7.19. The first-order valence-electron chi connectivity index (χ1n) is 11.4. The number of fused-ring (bicyclic) bond motifs is 1. The van der Waals surface area contributed by atoms with Crippen molar-refractivity contribution >= 4 is 39.2 Å². The number of anilines is 2. The lowest BCUT2D eigenvalue weighted by atomic mass is 10.2. The van der Waals surface area contributed by atoms with Crippen LogP contribution < -0.4 is 10.6 Å². The molecule has 5 rings (SSSR count). The summed E-state index contributed by atoms with van der Waals surface area (Å²) in [6.45, 7) is 7.95. The lowest BCUT2D eigenvalue weighted by Gasteiger charge is -2.35. The van der Waals surface area contributed by atoms with Crippen molar-refractivity contribution in [2.45, 2.75) is 19.6 Å². The van der Waals surface area contributed by atoms with Gasteiger partial charge < -0.3 is 25.4 Å². The number of morpholine rings is 1. The van der Waals surface area contributed by atoms with Crippen LogP contribution in [-0.2, 0) is 16.1 Å². The highest BCUT2D eigenvalue weighted by Crippen LogP contribution is 2.35. The number of ether oxygens (including phenoxy) is 1. The van der Waals surface area contributed by atoms with E-state index in [1.54, 1.807) is 28.6 Å². The van der Waals surface area contributed by atoms with Crippen molar-refractivity contribution in [1.29, 1.82) is 0 Å². The van der Waals surface area contributed by atoms with Crippen LogP contribution >= 0.6 is 11.3 Å². The number of nitrogens with two attached hydrogens (primary N) is 1. The molecule has 2 fully saturated rings. The van der Waals surface area contributed by atoms with E-state index in [9.17, 15) is 9.90 Å². The number of nitrogen functional groups attached to an aromatic ring is 1. The topological polar surface area (TPSA) is 134 Å². The number of aliphatic hydroxyl groups excluding tert-OH is 1. The molecule has 0 aliphatic carbocycles. The molecule has 1 unspecified atom stereocenters. The van der Waals surface area contributed by atoms with Gasteiger partial charge in [0, 0.05) is 63.1 Å². The molecule has 5 heterocycles. The molecule has 34 heavy (non-hydrogen) atoms. The summed E-state index contributed by atoms with van der Waals surface area (Å²) in [6, 6.07) is 2.13. The lowest BCUT2D eigenvalue weighted by Crippen LogP contribution is -2.50. The van der Waals surface area contributed by atoms with Crippen LogP contribution in [0.4, 0.5) is 11.8 Å². The second-order valence-electron chi connectivity index (χ2n) is 8.50. The number of piperazine rings is 1. The van der Waals surface area contributed by atoms with E-state index in [0.717, 1.165) is 54.3 Å². The van der Waals surface area contributed by atoms with E-state index in [0.29, 0.717) is 32.1 Å². The molecule has 11 nitrogen and oxygen atoms in total. The van der Waals surface area contributed by atoms with Gasteiger partial charge in [0.15, 0.2) is 11.6 Å². The minimum Gasteiger partial charge on any atom is -0.384 e. The molecule has 0 aromatic carbocycles. The molecule has 0 radical (unpaired) electrons. The lowest BCUT2D eigenvalue weighted by molar-refractivity contribution is -0.141. The van der Waals surface area contributed by atoms with E-state index >= 15 is 0 Å². The number of amides is 1. The third kappa shape index (κ3) is 4.80. The zero-order valence-corrected chi connectivity index (χ0v) is 19.9. The summed E-state index contributed by atoms with van der Waals surface area (Å²) in [5.41, 5.74) is 7.27. The monoisotopic (exact) mass is 484 g/mol. The van der Waals surface area contributed by atoms with Gasteiger partial charge in [0.2, 0.25) is 5.95 Å². The average Bonchev–Trinajstić information content (AvgIpc) is 3.26. The van der Waals surface area contributed by atoms with Crippen LogP contribution in [0.25, 0.3) is 21.6 Å². The van der Waals surface area contributed by atoms with Gasteiger partial charge in [-0.2, -0.15) is 0 Å². The van der Waals surface area contributed by atoms with Crippen LogP contribution in [0.2, 0.25) is 0 Å². The standard InChI is InChI=1S/C22H28N8O3S/c1-14(31)21(32)30-4-2-28(3-5-30)13-16-10-17-18(34-16)20(29-6-8-33-9-7-29)27-19(26-17)15-11-24-22(23)25-12-15/h10-12,14,31H,2-9,13H2,1H3,(H2,23,24,25). The Bertz CT molecular complexity index is 1150. The number of hydrogen-bond acceptors (Lipinski definition) is 11. The summed E-state index contributed by atoms with van der Waals surface area (Å²) >= 11 is 1.71. The first kappa shape index (κ1) is 22.8. The molecule has 1 amide bonds. The predicted molar refractivity (Wildman–Crippen MR) is 129 cm³/mol. The number of carbonyl (C=O) groups excluding carboxylic acids is 1. The van der Waals surface area contributed by atoms with Crippen LogP contribution in [-0.4, -0.2) is 99.3 Å². The van der Waals surface area contributed by atoms with Crippen molar-refractivity contribution < 1.29 is 14.6 Å². The van der Waals surface area contributed by atoms with Gasteiger partial charge in [-0.3, -0.25) is 9.69 Å². The van der Waals surface area contributed by atoms with Crippen LogP contribution in [0.15, 0.2) is 18.5 Å². The molecule has 2 aliphatic rings. The third-order valence-electron chi connectivity index (χ3n) is 6.07. The Morgan fingerprint density at radius 1 is 1.15 bits per heavy atom. The number of aliphatic hydroxyl groups is 1. The van der Waals surface area contributed by atoms with Crippen molar-refractivity contribution in [3.05, 3.63) is 23.3 Å². The molecule has 2 saturated heterocycles. The summed E-state index contributed by atoms with van der Waals surface area (Å²) in [4.78, 5) is 37.5. The van der Waals surface area contributed by atoms with Gasteiger partial charge in [0.05, 0.1) is 29.0 Å². The molecule has 3 aromatic rings.